The van der Waals surface area contributed by atoms with Crippen molar-refractivity contribution in [3.8, 4) is 5.82 Å². The quantitative estimate of drug-likeness (QED) is 0.878. The van der Waals surface area contributed by atoms with Gasteiger partial charge in [-0.1, -0.05) is 11.8 Å². The number of aryl methyl sites for hydroxylation is 1. The van der Waals surface area contributed by atoms with Gasteiger partial charge in [0, 0.05) is 12.3 Å². The van der Waals surface area contributed by atoms with Gasteiger partial charge in [-0.3, -0.25) is 4.79 Å². The Morgan fingerprint density at radius 3 is 2.71 bits per heavy atom. The van der Waals surface area contributed by atoms with E-state index in [4.69, 9.17) is 5.11 Å². The fourth-order valence-electron chi connectivity index (χ4n) is 1.54. The van der Waals surface area contributed by atoms with E-state index in [-0.39, 0.29) is 16.6 Å². The molecule has 0 aliphatic carbocycles. The summed E-state index contributed by atoms with van der Waals surface area (Å²) >= 11 is 0.754. The molecule has 0 spiro atoms. The zero-order chi connectivity index (χ0) is 15.6. The number of hydrogen-bond acceptors (Lipinski definition) is 4. The van der Waals surface area contributed by atoms with Crippen LogP contribution in [0.4, 0.5) is 13.2 Å². The highest BCUT2D eigenvalue weighted by atomic mass is 32.2. The second-order valence-electron chi connectivity index (χ2n) is 4.15. The zero-order valence-corrected chi connectivity index (χ0v) is 11.6. The lowest BCUT2D eigenvalue weighted by atomic mass is 10.3. The SMILES string of the molecule is Cc1ccnc(-n2nc(C(F)(F)F)cc2SCC(=O)O)c1. The summed E-state index contributed by atoms with van der Waals surface area (Å²) in [6.07, 6.45) is -3.15. The third-order valence-corrected chi connectivity index (χ3v) is 3.41. The molecule has 0 unspecified atom stereocenters. The van der Waals surface area contributed by atoms with E-state index >= 15 is 0 Å². The number of rotatable bonds is 4. The van der Waals surface area contributed by atoms with Gasteiger partial charge >= 0.3 is 12.1 Å². The normalized spacial score (nSPS) is 11.6. The largest absolute Gasteiger partial charge is 0.481 e. The van der Waals surface area contributed by atoms with Crippen molar-refractivity contribution in [2.75, 3.05) is 5.75 Å². The highest BCUT2D eigenvalue weighted by Gasteiger charge is 2.35. The van der Waals surface area contributed by atoms with Gasteiger partial charge in [0.2, 0.25) is 0 Å². The first kappa shape index (κ1) is 15.4. The summed E-state index contributed by atoms with van der Waals surface area (Å²) < 4.78 is 39.3. The number of carboxylic acids is 1. The highest BCUT2D eigenvalue weighted by molar-refractivity contribution is 7.99. The van der Waals surface area contributed by atoms with E-state index in [0.717, 1.165) is 28.1 Å². The Hall–Kier alpha value is -2.03. The van der Waals surface area contributed by atoms with Crippen molar-refractivity contribution in [3.63, 3.8) is 0 Å². The second kappa shape index (κ2) is 5.76. The molecule has 0 atom stereocenters. The molecule has 0 fully saturated rings. The lowest BCUT2D eigenvalue weighted by Crippen LogP contribution is -2.08. The van der Waals surface area contributed by atoms with Crippen LogP contribution in [0.1, 0.15) is 11.3 Å². The van der Waals surface area contributed by atoms with Gasteiger partial charge in [0.1, 0.15) is 5.03 Å². The summed E-state index contributed by atoms with van der Waals surface area (Å²) in [7, 11) is 0. The smallest absolute Gasteiger partial charge is 0.435 e. The molecule has 2 aromatic rings. The third kappa shape index (κ3) is 3.75. The van der Waals surface area contributed by atoms with E-state index in [9.17, 15) is 18.0 Å². The zero-order valence-electron chi connectivity index (χ0n) is 10.8. The first-order valence-corrected chi connectivity index (χ1v) is 6.71. The lowest BCUT2D eigenvalue weighted by Gasteiger charge is -2.05. The predicted molar refractivity (Wildman–Crippen MR) is 69.5 cm³/mol. The molecule has 0 bridgehead atoms. The molecule has 112 valence electrons. The number of nitrogens with zero attached hydrogens (tertiary/aromatic N) is 3. The van der Waals surface area contributed by atoms with Gasteiger partial charge in [-0.25, -0.2) is 9.67 Å². The molecule has 2 aromatic heterocycles. The van der Waals surface area contributed by atoms with Crippen LogP contribution in [0.15, 0.2) is 29.4 Å². The average Bonchev–Trinajstić information content (AvgIpc) is 2.80. The maximum atomic E-state index is 12.8. The van der Waals surface area contributed by atoms with Crippen molar-refractivity contribution < 1.29 is 23.1 Å². The summed E-state index contributed by atoms with van der Waals surface area (Å²) in [6, 6.07) is 4.08. The molecule has 0 saturated carbocycles. The number of carboxylic acid groups (broad SMARTS) is 1. The average molecular weight is 317 g/mol. The van der Waals surface area contributed by atoms with Crippen LogP contribution in [-0.4, -0.2) is 31.6 Å². The number of thioether (sulfide) groups is 1. The van der Waals surface area contributed by atoms with Gasteiger partial charge in [0.05, 0.1) is 5.75 Å². The molecule has 21 heavy (non-hydrogen) atoms. The number of alkyl halides is 3. The van der Waals surface area contributed by atoms with Crippen molar-refractivity contribution >= 4 is 17.7 Å². The molecule has 0 amide bonds. The molecule has 0 saturated heterocycles. The summed E-state index contributed by atoms with van der Waals surface area (Å²) in [5.74, 6) is -1.29. The molecule has 1 N–H and O–H groups in total. The van der Waals surface area contributed by atoms with Gasteiger partial charge in [-0.15, -0.1) is 0 Å². The second-order valence-corrected chi connectivity index (χ2v) is 5.15. The van der Waals surface area contributed by atoms with E-state index < -0.39 is 17.8 Å². The monoisotopic (exact) mass is 317 g/mol. The highest BCUT2D eigenvalue weighted by Crippen LogP contribution is 2.32. The van der Waals surface area contributed by atoms with Crippen LogP contribution in [0.3, 0.4) is 0 Å². The number of hydrogen-bond donors (Lipinski definition) is 1. The standard InChI is InChI=1S/C12H10F3N3O2S/c1-7-2-3-16-9(4-7)18-10(21-6-11(19)20)5-8(17-18)12(13,14)15/h2-5H,6H2,1H3,(H,19,20). The van der Waals surface area contributed by atoms with E-state index in [0.29, 0.717) is 0 Å². The number of pyridine rings is 1. The van der Waals surface area contributed by atoms with Gasteiger partial charge in [-0.2, -0.15) is 18.3 Å². The molecule has 5 nitrogen and oxygen atoms in total. The van der Waals surface area contributed by atoms with Gasteiger partial charge in [0.25, 0.3) is 0 Å². The summed E-state index contributed by atoms with van der Waals surface area (Å²) in [4.78, 5) is 14.6. The van der Waals surface area contributed by atoms with Crippen LogP contribution in [0.5, 0.6) is 0 Å². The first-order valence-electron chi connectivity index (χ1n) is 5.72. The number of aromatic nitrogens is 3. The number of halogens is 3. The molecule has 9 heteroatoms. The van der Waals surface area contributed by atoms with Gasteiger partial charge in [-0.05, 0) is 24.6 Å². The first-order chi connectivity index (χ1) is 9.77. The van der Waals surface area contributed by atoms with Crippen molar-refractivity contribution in [1.29, 1.82) is 0 Å². The van der Waals surface area contributed by atoms with Crippen LogP contribution in [-0.2, 0) is 11.0 Å². The Balaban J connectivity index is 2.46. The Morgan fingerprint density at radius 2 is 2.14 bits per heavy atom. The van der Waals surface area contributed by atoms with E-state index in [2.05, 4.69) is 10.1 Å². The topological polar surface area (TPSA) is 68.0 Å². The fourth-order valence-corrected chi connectivity index (χ4v) is 2.26. The Labute approximate surface area is 121 Å². The van der Waals surface area contributed by atoms with Crippen molar-refractivity contribution in [2.45, 2.75) is 18.1 Å². The lowest BCUT2D eigenvalue weighted by molar-refractivity contribution is -0.141. The van der Waals surface area contributed by atoms with Crippen LogP contribution in [0.2, 0.25) is 0 Å². The van der Waals surface area contributed by atoms with Crippen LogP contribution < -0.4 is 0 Å². The van der Waals surface area contributed by atoms with E-state index in [1.165, 1.54) is 6.20 Å². The molecular formula is C12H10F3N3O2S. The Morgan fingerprint density at radius 1 is 1.43 bits per heavy atom. The van der Waals surface area contributed by atoms with E-state index in [1.807, 2.05) is 0 Å². The number of aliphatic carboxylic acids is 1. The van der Waals surface area contributed by atoms with Crippen molar-refractivity contribution in [3.05, 3.63) is 35.7 Å². The molecule has 0 aromatic carbocycles. The molecule has 2 heterocycles. The minimum atomic E-state index is -4.60. The Kier molecular flexibility index (Phi) is 4.21. The van der Waals surface area contributed by atoms with Gasteiger partial charge < -0.3 is 5.11 Å². The summed E-state index contributed by atoms with van der Waals surface area (Å²) in [6.45, 7) is 1.77. The van der Waals surface area contributed by atoms with E-state index in [1.54, 1.807) is 19.1 Å². The Bertz CT molecular complexity index is 670. The molecule has 0 aliphatic rings. The van der Waals surface area contributed by atoms with Crippen LogP contribution >= 0.6 is 11.8 Å². The third-order valence-electron chi connectivity index (χ3n) is 2.43. The fraction of sp³-hybridized carbons (Fsp3) is 0.250. The van der Waals surface area contributed by atoms with Crippen molar-refractivity contribution in [2.24, 2.45) is 0 Å². The molecule has 2 rings (SSSR count). The molecular weight excluding hydrogens is 307 g/mol. The minimum Gasteiger partial charge on any atom is -0.481 e. The van der Waals surface area contributed by atoms with Crippen LogP contribution in [0.25, 0.3) is 5.82 Å². The summed E-state index contributed by atoms with van der Waals surface area (Å²) in [5, 5.41) is 12.2. The minimum absolute atomic E-state index is 0.0721. The summed E-state index contributed by atoms with van der Waals surface area (Å²) in [5.41, 5.74) is -0.281. The predicted octanol–water partition coefficient (Wildman–Crippen LogP) is 2.77. The van der Waals surface area contributed by atoms with Crippen LogP contribution in [0, 0.1) is 6.92 Å². The maximum Gasteiger partial charge on any atom is 0.435 e. The molecule has 0 aliphatic heterocycles. The van der Waals surface area contributed by atoms with Crippen molar-refractivity contribution in [1.82, 2.24) is 14.8 Å². The maximum absolute atomic E-state index is 12.8. The molecule has 0 radical (unpaired) electrons. The van der Waals surface area contributed by atoms with Gasteiger partial charge in [0.15, 0.2) is 11.5 Å². The number of carbonyl (C=O) groups is 1.